The molecule has 0 amide bonds. The Kier molecular flexibility index (Phi) is 52.7. The van der Waals surface area contributed by atoms with E-state index in [0.717, 1.165) is 70.6 Å². The third kappa shape index (κ3) is 52.7. The molecule has 0 rings (SSSR count). The lowest BCUT2D eigenvalue weighted by Gasteiger charge is -2.18. The maximum absolute atomic E-state index is 12.8. The number of rotatable bonds is 53. The topological polar surface area (TPSA) is 78.9 Å². The standard InChI is InChI=1S/C59H110O6/c1-4-7-10-13-16-19-22-25-26-27-28-29-30-31-32-35-38-41-44-47-50-53-59(62)65-56(54-63-57(60)51-48-45-42-39-36-33-23-20-17-14-11-8-5-2)55-64-58(61)52-49-46-43-40-37-34-24-21-18-15-12-9-6-3/h20-21,23-24,56H,4-19,22,25-55H2,1-3H3/b23-20-,24-21-. The predicted octanol–water partition coefficient (Wildman–Crippen LogP) is 19.1. The second-order valence-corrected chi connectivity index (χ2v) is 19.6. The van der Waals surface area contributed by atoms with Gasteiger partial charge in [0, 0.05) is 19.3 Å². The summed E-state index contributed by atoms with van der Waals surface area (Å²) in [6.45, 7) is 6.64. The highest BCUT2D eigenvalue weighted by Gasteiger charge is 2.19. The molecule has 0 N–H and O–H groups in total. The van der Waals surface area contributed by atoms with Gasteiger partial charge in [-0.2, -0.15) is 0 Å². The van der Waals surface area contributed by atoms with Gasteiger partial charge in [-0.05, 0) is 70.6 Å². The average molecular weight is 916 g/mol. The Balaban J connectivity index is 4.28. The van der Waals surface area contributed by atoms with Gasteiger partial charge in [0.05, 0.1) is 0 Å². The highest BCUT2D eigenvalue weighted by atomic mass is 16.6. The fourth-order valence-electron chi connectivity index (χ4n) is 8.55. The lowest BCUT2D eigenvalue weighted by molar-refractivity contribution is -0.167. The van der Waals surface area contributed by atoms with Gasteiger partial charge in [-0.1, -0.05) is 251 Å². The molecule has 0 unspecified atom stereocenters. The molecule has 0 spiro atoms. The van der Waals surface area contributed by atoms with Gasteiger partial charge in [0.1, 0.15) is 13.2 Å². The highest BCUT2D eigenvalue weighted by Crippen LogP contribution is 2.17. The first-order valence-electron chi connectivity index (χ1n) is 28.8. The van der Waals surface area contributed by atoms with Crippen LogP contribution in [0.4, 0.5) is 0 Å². The zero-order valence-electron chi connectivity index (χ0n) is 43.8. The second-order valence-electron chi connectivity index (χ2n) is 19.6. The molecule has 6 heteroatoms. The molecule has 0 aliphatic carbocycles. The first kappa shape index (κ1) is 62.9. The Hall–Kier alpha value is -2.11. The Bertz CT molecular complexity index is 1000. The van der Waals surface area contributed by atoms with Crippen molar-refractivity contribution >= 4 is 17.9 Å². The van der Waals surface area contributed by atoms with Crippen LogP contribution in [0.2, 0.25) is 0 Å². The van der Waals surface area contributed by atoms with Crippen LogP contribution in [0.1, 0.15) is 316 Å². The third-order valence-corrected chi connectivity index (χ3v) is 12.9. The summed E-state index contributed by atoms with van der Waals surface area (Å²) in [5.41, 5.74) is 0. The van der Waals surface area contributed by atoms with Crippen LogP contribution in [0.25, 0.3) is 0 Å². The lowest BCUT2D eigenvalue weighted by Crippen LogP contribution is -2.30. The summed E-state index contributed by atoms with van der Waals surface area (Å²) in [6.07, 6.45) is 63.1. The van der Waals surface area contributed by atoms with Crippen molar-refractivity contribution < 1.29 is 28.6 Å². The summed E-state index contributed by atoms with van der Waals surface area (Å²) in [6, 6.07) is 0. The van der Waals surface area contributed by atoms with Gasteiger partial charge in [-0.15, -0.1) is 0 Å². The van der Waals surface area contributed by atoms with Gasteiger partial charge >= 0.3 is 17.9 Å². The zero-order valence-corrected chi connectivity index (χ0v) is 43.8. The van der Waals surface area contributed by atoms with Crippen LogP contribution < -0.4 is 0 Å². The molecule has 0 atom stereocenters. The van der Waals surface area contributed by atoms with E-state index in [1.807, 2.05) is 0 Å². The van der Waals surface area contributed by atoms with E-state index in [9.17, 15) is 14.4 Å². The molecule has 0 aromatic rings. The van der Waals surface area contributed by atoms with Gasteiger partial charge in [0.2, 0.25) is 0 Å². The first-order valence-corrected chi connectivity index (χ1v) is 28.8. The van der Waals surface area contributed by atoms with Crippen molar-refractivity contribution in [3.8, 4) is 0 Å². The number of hydrogen-bond donors (Lipinski definition) is 0. The molecule has 0 bridgehead atoms. The van der Waals surface area contributed by atoms with Crippen LogP contribution in [0, 0.1) is 0 Å². The molecular formula is C59H110O6. The fourth-order valence-corrected chi connectivity index (χ4v) is 8.55. The third-order valence-electron chi connectivity index (χ3n) is 12.9. The molecule has 6 nitrogen and oxygen atoms in total. The minimum absolute atomic E-state index is 0.0743. The van der Waals surface area contributed by atoms with Crippen LogP contribution in [0.5, 0.6) is 0 Å². The van der Waals surface area contributed by atoms with E-state index in [1.165, 1.54) is 205 Å². The number of esters is 3. The van der Waals surface area contributed by atoms with E-state index in [1.54, 1.807) is 0 Å². The minimum Gasteiger partial charge on any atom is -0.462 e. The normalized spacial score (nSPS) is 11.7. The number of allylic oxidation sites excluding steroid dienone is 4. The van der Waals surface area contributed by atoms with Crippen LogP contribution in [-0.2, 0) is 28.6 Å². The lowest BCUT2D eigenvalue weighted by atomic mass is 10.0. The van der Waals surface area contributed by atoms with E-state index >= 15 is 0 Å². The van der Waals surface area contributed by atoms with Crippen LogP contribution in [0.15, 0.2) is 24.3 Å². The molecular weight excluding hydrogens is 805 g/mol. The monoisotopic (exact) mass is 915 g/mol. The van der Waals surface area contributed by atoms with E-state index in [2.05, 4.69) is 45.1 Å². The van der Waals surface area contributed by atoms with Crippen molar-refractivity contribution in [1.82, 2.24) is 0 Å². The molecule has 0 saturated heterocycles. The minimum atomic E-state index is -0.773. The summed E-state index contributed by atoms with van der Waals surface area (Å²) in [4.78, 5) is 38.1. The van der Waals surface area contributed by atoms with E-state index < -0.39 is 6.10 Å². The SMILES string of the molecule is CCCCCC/C=C\CCCCCCCC(=O)OCC(COC(=O)CCCCCCC/C=C\CCCCCC)OC(=O)CCCCCCCCCCCCCCCCCCCCCCC. The van der Waals surface area contributed by atoms with Gasteiger partial charge in [-0.3, -0.25) is 14.4 Å². The number of hydrogen-bond acceptors (Lipinski definition) is 6. The number of unbranched alkanes of at least 4 members (excludes halogenated alkanes) is 38. The van der Waals surface area contributed by atoms with E-state index in [-0.39, 0.29) is 31.1 Å². The summed E-state index contributed by atoms with van der Waals surface area (Å²) in [7, 11) is 0. The number of carbonyl (C=O) groups is 3. The Labute approximate surface area is 404 Å². The summed E-state index contributed by atoms with van der Waals surface area (Å²) < 4.78 is 16.8. The molecule has 0 aromatic heterocycles. The van der Waals surface area contributed by atoms with Crippen molar-refractivity contribution in [2.75, 3.05) is 13.2 Å². The van der Waals surface area contributed by atoms with Gasteiger partial charge in [0.15, 0.2) is 6.10 Å². The first-order chi connectivity index (χ1) is 32.0. The maximum atomic E-state index is 12.8. The van der Waals surface area contributed by atoms with E-state index in [0.29, 0.717) is 19.3 Å². The molecule has 0 saturated carbocycles. The summed E-state index contributed by atoms with van der Waals surface area (Å²) in [5, 5.41) is 0. The van der Waals surface area contributed by atoms with Gasteiger partial charge in [0.25, 0.3) is 0 Å². The highest BCUT2D eigenvalue weighted by molar-refractivity contribution is 5.71. The quantitative estimate of drug-likeness (QED) is 0.0262. The second kappa shape index (κ2) is 54.5. The van der Waals surface area contributed by atoms with Crippen molar-refractivity contribution in [1.29, 1.82) is 0 Å². The van der Waals surface area contributed by atoms with Crippen LogP contribution in [0.3, 0.4) is 0 Å². The zero-order chi connectivity index (χ0) is 47.2. The van der Waals surface area contributed by atoms with Crippen molar-refractivity contribution in [3.63, 3.8) is 0 Å². The summed E-state index contributed by atoms with van der Waals surface area (Å²) in [5.74, 6) is -0.872. The number of carbonyl (C=O) groups excluding carboxylic acids is 3. The molecule has 0 aliphatic rings. The smallest absolute Gasteiger partial charge is 0.306 e. The average Bonchev–Trinajstić information content (AvgIpc) is 3.30. The van der Waals surface area contributed by atoms with Crippen molar-refractivity contribution in [3.05, 3.63) is 24.3 Å². The Morgan fingerprint density at radius 1 is 0.292 bits per heavy atom. The Morgan fingerprint density at radius 2 is 0.508 bits per heavy atom. The largest absolute Gasteiger partial charge is 0.462 e. The van der Waals surface area contributed by atoms with Gasteiger partial charge < -0.3 is 14.2 Å². The van der Waals surface area contributed by atoms with Crippen LogP contribution >= 0.6 is 0 Å². The number of ether oxygens (including phenoxy) is 3. The molecule has 0 aromatic carbocycles. The molecule has 382 valence electrons. The van der Waals surface area contributed by atoms with Crippen molar-refractivity contribution in [2.45, 2.75) is 322 Å². The molecule has 0 fully saturated rings. The predicted molar refractivity (Wildman–Crippen MR) is 279 cm³/mol. The molecule has 0 radical (unpaired) electrons. The molecule has 65 heavy (non-hydrogen) atoms. The summed E-state index contributed by atoms with van der Waals surface area (Å²) >= 11 is 0. The maximum Gasteiger partial charge on any atom is 0.306 e. The van der Waals surface area contributed by atoms with E-state index in [4.69, 9.17) is 14.2 Å². The fraction of sp³-hybridized carbons (Fsp3) is 0.881. The molecule has 0 heterocycles. The van der Waals surface area contributed by atoms with Crippen LogP contribution in [-0.4, -0.2) is 37.2 Å². The van der Waals surface area contributed by atoms with Gasteiger partial charge in [-0.25, -0.2) is 0 Å². The van der Waals surface area contributed by atoms with Crippen molar-refractivity contribution in [2.24, 2.45) is 0 Å². The Morgan fingerprint density at radius 3 is 0.785 bits per heavy atom. The molecule has 0 aliphatic heterocycles.